The Hall–Kier alpha value is -1.91. The molecule has 218 valence electrons. The van der Waals surface area contributed by atoms with Crippen LogP contribution < -0.4 is 4.74 Å². The van der Waals surface area contributed by atoms with Crippen LogP contribution in [0.25, 0.3) is 11.3 Å². The van der Waals surface area contributed by atoms with Crippen LogP contribution in [-0.2, 0) is 9.47 Å². The number of hydrogen-bond acceptors (Lipinski definition) is 4. The van der Waals surface area contributed by atoms with Gasteiger partial charge in [-0.05, 0) is 43.2 Å². The fraction of sp³-hybridized carbons (Fsp3) is 0.686. The molecule has 3 rings (SSSR count). The molecule has 0 spiro atoms. The Morgan fingerprint density at radius 3 is 1.79 bits per heavy atom. The van der Waals surface area contributed by atoms with Crippen molar-refractivity contribution in [3.63, 3.8) is 0 Å². The molecule has 4 heteroatoms. The van der Waals surface area contributed by atoms with Crippen LogP contribution in [0.1, 0.15) is 135 Å². The predicted molar refractivity (Wildman–Crippen MR) is 163 cm³/mol. The van der Waals surface area contributed by atoms with E-state index in [2.05, 4.69) is 43.1 Å². The minimum absolute atomic E-state index is 0.298. The molecule has 0 N–H and O–H groups in total. The van der Waals surface area contributed by atoms with Gasteiger partial charge in [-0.1, -0.05) is 116 Å². The van der Waals surface area contributed by atoms with Gasteiger partial charge in [-0.15, -0.1) is 0 Å². The number of unbranched alkanes of at least 4 members (excludes halogenated alkanes) is 14. The summed E-state index contributed by atoms with van der Waals surface area (Å²) < 4.78 is 18.1. The normalized spacial score (nSPS) is 17.4. The summed E-state index contributed by atoms with van der Waals surface area (Å²) in [5.74, 6) is 1.45. The lowest BCUT2D eigenvalue weighted by atomic mass is 10.0. The quantitative estimate of drug-likeness (QED) is 0.148. The van der Waals surface area contributed by atoms with E-state index in [9.17, 15) is 0 Å². The molecule has 0 radical (unpaired) electrons. The van der Waals surface area contributed by atoms with E-state index in [4.69, 9.17) is 14.2 Å². The summed E-state index contributed by atoms with van der Waals surface area (Å²) in [6, 6.07) is 12.4. The fourth-order valence-corrected chi connectivity index (χ4v) is 5.33. The molecule has 2 heterocycles. The van der Waals surface area contributed by atoms with E-state index < -0.39 is 0 Å². The smallest absolute Gasteiger partial charge is 0.185 e. The van der Waals surface area contributed by atoms with E-state index in [0.717, 1.165) is 48.8 Å². The average Bonchev–Trinajstić information content (AvgIpc) is 2.98. The van der Waals surface area contributed by atoms with Gasteiger partial charge in [0.2, 0.25) is 0 Å². The monoisotopic (exact) mass is 537 g/mol. The Morgan fingerprint density at radius 1 is 0.667 bits per heavy atom. The number of nitrogens with zero attached hydrogens (tertiary/aromatic N) is 1. The van der Waals surface area contributed by atoms with E-state index in [1.807, 2.05) is 18.3 Å². The van der Waals surface area contributed by atoms with Crippen LogP contribution in [0.5, 0.6) is 5.75 Å². The SMILES string of the molecule is CCCCCCCCCCCC[C@H]1CO[C@H](c2ccc(-c3ccc(OCCCCCCCC)cc3)nc2)OC1. The number of ether oxygens (including phenoxy) is 3. The maximum absolute atomic E-state index is 6.08. The summed E-state index contributed by atoms with van der Waals surface area (Å²) in [7, 11) is 0. The standard InChI is InChI=1S/C35H55NO3/c1-3-5-7-9-11-12-13-14-15-17-19-30-28-38-35(39-29-30)32-22-25-34(36-27-32)31-20-23-33(24-21-31)37-26-18-16-10-8-6-4-2/h20-25,27,30,35H,3-19,26,28-29H2,1-2H3/t30-,35-. The van der Waals surface area contributed by atoms with Crippen molar-refractivity contribution >= 4 is 0 Å². The molecule has 0 atom stereocenters. The third-order valence-electron chi connectivity index (χ3n) is 7.91. The fourth-order valence-electron chi connectivity index (χ4n) is 5.33. The number of hydrogen-bond donors (Lipinski definition) is 0. The van der Waals surface area contributed by atoms with E-state index in [1.165, 1.54) is 103 Å². The van der Waals surface area contributed by atoms with Crippen LogP contribution in [0.3, 0.4) is 0 Å². The first-order chi connectivity index (χ1) is 19.3. The van der Waals surface area contributed by atoms with Gasteiger partial charge in [0, 0.05) is 23.2 Å². The first-order valence-electron chi connectivity index (χ1n) is 16.2. The molecule has 1 aliphatic rings. The van der Waals surface area contributed by atoms with Gasteiger partial charge in [0.25, 0.3) is 0 Å². The molecule has 1 saturated heterocycles. The van der Waals surface area contributed by atoms with Crippen molar-refractivity contribution in [3.8, 4) is 17.0 Å². The Morgan fingerprint density at radius 2 is 1.23 bits per heavy atom. The molecular formula is C35H55NO3. The highest BCUT2D eigenvalue weighted by atomic mass is 16.7. The van der Waals surface area contributed by atoms with Crippen molar-refractivity contribution < 1.29 is 14.2 Å². The summed E-state index contributed by atoms with van der Waals surface area (Å²) in [6.07, 6.45) is 24.3. The van der Waals surface area contributed by atoms with Crippen LogP contribution in [0.2, 0.25) is 0 Å². The summed E-state index contributed by atoms with van der Waals surface area (Å²) >= 11 is 0. The lowest BCUT2D eigenvalue weighted by Gasteiger charge is -2.29. The van der Waals surface area contributed by atoms with Gasteiger partial charge in [0.15, 0.2) is 6.29 Å². The molecule has 1 aromatic carbocycles. The molecule has 39 heavy (non-hydrogen) atoms. The first-order valence-corrected chi connectivity index (χ1v) is 16.2. The van der Waals surface area contributed by atoms with Gasteiger partial charge in [0.05, 0.1) is 25.5 Å². The topological polar surface area (TPSA) is 40.6 Å². The maximum atomic E-state index is 6.08. The van der Waals surface area contributed by atoms with Crippen molar-refractivity contribution in [2.45, 2.75) is 129 Å². The summed E-state index contributed by atoms with van der Waals surface area (Å²) in [5, 5.41) is 0. The number of rotatable bonds is 21. The van der Waals surface area contributed by atoms with Gasteiger partial charge < -0.3 is 14.2 Å². The predicted octanol–water partition coefficient (Wildman–Crippen LogP) is 10.5. The van der Waals surface area contributed by atoms with Crippen molar-refractivity contribution in [1.82, 2.24) is 4.98 Å². The molecule has 0 saturated carbocycles. The molecule has 2 aromatic rings. The summed E-state index contributed by atoms with van der Waals surface area (Å²) in [5.41, 5.74) is 3.04. The lowest BCUT2D eigenvalue weighted by Crippen LogP contribution is -2.27. The van der Waals surface area contributed by atoms with E-state index in [-0.39, 0.29) is 6.29 Å². The van der Waals surface area contributed by atoms with Gasteiger partial charge in [-0.25, -0.2) is 0 Å². The average molecular weight is 538 g/mol. The molecule has 1 aromatic heterocycles. The third kappa shape index (κ3) is 12.9. The third-order valence-corrected chi connectivity index (χ3v) is 7.91. The molecule has 4 nitrogen and oxygen atoms in total. The maximum Gasteiger partial charge on any atom is 0.185 e. The molecule has 0 aliphatic carbocycles. The number of aromatic nitrogens is 1. The molecule has 0 amide bonds. The van der Waals surface area contributed by atoms with Crippen LogP contribution >= 0.6 is 0 Å². The molecule has 0 bridgehead atoms. The van der Waals surface area contributed by atoms with Crippen LogP contribution in [-0.4, -0.2) is 24.8 Å². The van der Waals surface area contributed by atoms with Crippen molar-refractivity contribution in [3.05, 3.63) is 48.2 Å². The summed E-state index contributed by atoms with van der Waals surface area (Å²) in [6.45, 7) is 6.89. The molecule has 1 fully saturated rings. The minimum atomic E-state index is -0.298. The second-order valence-electron chi connectivity index (χ2n) is 11.5. The van der Waals surface area contributed by atoms with Crippen LogP contribution in [0.15, 0.2) is 42.6 Å². The van der Waals surface area contributed by atoms with E-state index >= 15 is 0 Å². The zero-order valence-electron chi connectivity index (χ0n) is 25.0. The molecule has 1 aliphatic heterocycles. The molecular weight excluding hydrogens is 482 g/mol. The summed E-state index contributed by atoms with van der Waals surface area (Å²) in [4.78, 5) is 4.69. The first kappa shape index (κ1) is 31.6. The highest BCUT2D eigenvalue weighted by Gasteiger charge is 2.23. The molecule has 0 unspecified atom stereocenters. The number of pyridine rings is 1. The Labute approximate surface area is 239 Å². The van der Waals surface area contributed by atoms with Gasteiger partial charge in [0.1, 0.15) is 5.75 Å². The van der Waals surface area contributed by atoms with Crippen LogP contribution in [0, 0.1) is 5.92 Å². The second-order valence-corrected chi connectivity index (χ2v) is 11.5. The zero-order chi connectivity index (χ0) is 27.4. The Kier molecular flexibility index (Phi) is 16.2. The van der Waals surface area contributed by atoms with Crippen molar-refractivity contribution in [2.24, 2.45) is 5.92 Å². The minimum Gasteiger partial charge on any atom is -0.494 e. The highest BCUT2D eigenvalue weighted by Crippen LogP contribution is 2.29. The van der Waals surface area contributed by atoms with Crippen molar-refractivity contribution in [2.75, 3.05) is 19.8 Å². The second kappa shape index (κ2) is 20.0. The number of benzene rings is 1. The van der Waals surface area contributed by atoms with Crippen LogP contribution in [0.4, 0.5) is 0 Å². The zero-order valence-corrected chi connectivity index (χ0v) is 25.0. The largest absolute Gasteiger partial charge is 0.494 e. The highest BCUT2D eigenvalue weighted by molar-refractivity contribution is 5.60. The van der Waals surface area contributed by atoms with Gasteiger partial charge in [-0.2, -0.15) is 0 Å². The van der Waals surface area contributed by atoms with Gasteiger partial charge >= 0.3 is 0 Å². The van der Waals surface area contributed by atoms with E-state index in [0.29, 0.717) is 5.92 Å². The van der Waals surface area contributed by atoms with Gasteiger partial charge in [-0.3, -0.25) is 4.98 Å². The van der Waals surface area contributed by atoms with Crippen molar-refractivity contribution in [1.29, 1.82) is 0 Å². The Bertz CT molecular complexity index is 843. The Balaban J connectivity index is 1.27. The lowest BCUT2D eigenvalue weighted by molar-refractivity contribution is -0.206. The van der Waals surface area contributed by atoms with E-state index in [1.54, 1.807) is 0 Å².